The van der Waals surface area contributed by atoms with E-state index >= 15 is 0 Å². The second-order valence-electron chi connectivity index (χ2n) is 7.98. The third-order valence-corrected chi connectivity index (χ3v) is 4.88. The summed E-state index contributed by atoms with van der Waals surface area (Å²) in [6, 6.07) is 19.2. The van der Waals surface area contributed by atoms with Crippen molar-refractivity contribution in [3.05, 3.63) is 89.5 Å². The van der Waals surface area contributed by atoms with E-state index < -0.39 is 12.4 Å². The lowest BCUT2D eigenvalue weighted by Gasteiger charge is -2.12. The zero-order valence-electron chi connectivity index (χ0n) is 19.8. The third kappa shape index (κ3) is 8.15. The van der Waals surface area contributed by atoms with Crippen molar-refractivity contribution in [1.82, 2.24) is 5.43 Å². The number of nitrogens with one attached hydrogen (secondary N) is 2. The molecule has 36 heavy (non-hydrogen) atoms. The van der Waals surface area contributed by atoms with Gasteiger partial charge >= 0.3 is 12.4 Å². The summed E-state index contributed by atoms with van der Waals surface area (Å²) in [4.78, 5) is 17.5. The SMILES string of the molecule is CC(=NOc1ccc(C=NNC(=O)Nc2ccccc2C(C)C)cc1)c1ccc(OC(F)(F)F)cc1. The highest BCUT2D eigenvalue weighted by Gasteiger charge is 2.30. The molecule has 0 saturated heterocycles. The molecule has 7 nitrogen and oxygen atoms in total. The molecule has 0 aliphatic heterocycles. The van der Waals surface area contributed by atoms with Crippen molar-refractivity contribution in [3.63, 3.8) is 0 Å². The summed E-state index contributed by atoms with van der Waals surface area (Å²) in [5.74, 6) is 0.390. The highest BCUT2D eigenvalue weighted by Crippen LogP contribution is 2.24. The van der Waals surface area contributed by atoms with E-state index in [0.717, 1.165) is 11.3 Å². The number of oxime groups is 1. The van der Waals surface area contributed by atoms with Gasteiger partial charge in [-0.25, -0.2) is 10.2 Å². The van der Waals surface area contributed by atoms with Gasteiger partial charge in [0.1, 0.15) is 5.75 Å². The standard InChI is InChI=1S/C26H25F3N4O3/c1-17(2)23-6-4-5-7-24(23)31-25(34)32-30-16-19-8-12-22(13-9-19)36-33-18(3)20-10-14-21(15-11-20)35-26(27,28)29/h4-17H,1-3H3,(H2,31,32,34). The number of urea groups is 1. The maximum absolute atomic E-state index is 12.3. The Balaban J connectivity index is 1.51. The zero-order chi connectivity index (χ0) is 26.1. The highest BCUT2D eigenvalue weighted by molar-refractivity contribution is 5.98. The van der Waals surface area contributed by atoms with Crippen LogP contribution in [0.3, 0.4) is 0 Å². The van der Waals surface area contributed by atoms with Crippen molar-refractivity contribution < 1.29 is 27.5 Å². The molecular weight excluding hydrogens is 473 g/mol. The molecule has 10 heteroatoms. The predicted molar refractivity (Wildman–Crippen MR) is 133 cm³/mol. The molecule has 0 saturated carbocycles. The van der Waals surface area contributed by atoms with Crippen LogP contribution in [0.25, 0.3) is 0 Å². The summed E-state index contributed by atoms with van der Waals surface area (Å²) < 4.78 is 40.6. The first-order valence-corrected chi connectivity index (χ1v) is 11.0. The number of halogens is 3. The van der Waals surface area contributed by atoms with Crippen molar-refractivity contribution >= 4 is 23.6 Å². The van der Waals surface area contributed by atoms with Gasteiger partial charge in [0.25, 0.3) is 0 Å². The number of carbonyl (C=O) groups excluding carboxylic acids is 1. The Morgan fingerprint density at radius 1 is 0.944 bits per heavy atom. The largest absolute Gasteiger partial charge is 0.573 e. The molecule has 0 aliphatic rings. The number of anilines is 1. The molecule has 0 bridgehead atoms. The van der Waals surface area contributed by atoms with Gasteiger partial charge in [-0.05, 0) is 84.1 Å². The van der Waals surface area contributed by atoms with Crippen LogP contribution in [0.1, 0.15) is 43.4 Å². The molecule has 0 heterocycles. The van der Waals surface area contributed by atoms with Crippen LogP contribution in [-0.2, 0) is 0 Å². The summed E-state index contributed by atoms with van der Waals surface area (Å²) >= 11 is 0. The van der Waals surface area contributed by atoms with Gasteiger partial charge < -0.3 is 14.9 Å². The number of rotatable bonds is 8. The lowest BCUT2D eigenvalue weighted by molar-refractivity contribution is -0.274. The van der Waals surface area contributed by atoms with Gasteiger partial charge in [0.2, 0.25) is 0 Å². The molecule has 3 rings (SSSR count). The second-order valence-corrected chi connectivity index (χ2v) is 7.98. The fourth-order valence-electron chi connectivity index (χ4n) is 3.12. The van der Waals surface area contributed by atoms with E-state index in [1.165, 1.54) is 30.5 Å². The predicted octanol–water partition coefficient (Wildman–Crippen LogP) is 6.67. The van der Waals surface area contributed by atoms with E-state index in [1.54, 1.807) is 31.2 Å². The smallest absolute Gasteiger partial charge is 0.406 e. The van der Waals surface area contributed by atoms with Crippen molar-refractivity contribution in [1.29, 1.82) is 0 Å². The first-order chi connectivity index (χ1) is 17.1. The monoisotopic (exact) mass is 498 g/mol. The molecule has 188 valence electrons. The van der Waals surface area contributed by atoms with Gasteiger partial charge in [0, 0.05) is 5.69 Å². The lowest BCUT2D eigenvalue weighted by Crippen LogP contribution is -2.24. The van der Waals surface area contributed by atoms with Gasteiger partial charge in [-0.15, -0.1) is 13.2 Å². The molecule has 0 atom stereocenters. The van der Waals surface area contributed by atoms with Crippen molar-refractivity contribution in [3.8, 4) is 11.5 Å². The fraction of sp³-hybridized carbons (Fsp3) is 0.192. The highest BCUT2D eigenvalue weighted by atomic mass is 19.4. The van der Waals surface area contributed by atoms with Crippen LogP contribution in [0.15, 0.2) is 83.1 Å². The molecule has 3 aromatic rings. The van der Waals surface area contributed by atoms with E-state index in [2.05, 4.69) is 25.7 Å². The topological polar surface area (TPSA) is 84.3 Å². The molecule has 0 unspecified atom stereocenters. The number of ether oxygens (including phenoxy) is 1. The number of amides is 2. The number of hydrazone groups is 1. The Hall–Kier alpha value is -4.34. The number of benzene rings is 3. The quantitative estimate of drug-likeness (QED) is 0.269. The number of hydrogen-bond acceptors (Lipinski definition) is 5. The van der Waals surface area contributed by atoms with Crippen molar-refractivity contribution in [2.45, 2.75) is 33.1 Å². The number of carbonyl (C=O) groups is 1. The van der Waals surface area contributed by atoms with Crippen LogP contribution in [0.4, 0.5) is 23.7 Å². The van der Waals surface area contributed by atoms with Gasteiger partial charge in [-0.1, -0.05) is 37.2 Å². The maximum atomic E-state index is 12.3. The van der Waals surface area contributed by atoms with Crippen LogP contribution >= 0.6 is 0 Å². The average molecular weight is 499 g/mol. The number of hydrogen-bond donors (Lipinski definition) is 2. The maximum Gasteiger partial charge on any atom is 0.573 e. The molecule has 0 radical (unpaired) electrons. The van der Waals surface area contributed by atoms with Gasteiger partial charge in [-0.2, -0.15) is 5.10 Å². The molecule has 3 aromatic carbocycles. The number of para-hydroxylation sites is 1. The Labute approximate surface area is 206 Å². The Morgan fingerprint density at radius 3 is 2.22 bits per heavy atom. The second kappa shape index (κ2) is 11.9. The summed E-state index contributed by atoms with van der Waals surface area (Å²) in [5.41, 5.74) is 5.94. The average Bonchev–Trinajstić information content (AvgIpc) is 2.83. The fourth-order valence-corrected chi connectivity index (χ4v) is 3.12. The van der Waals surface area contributed by atoms with E-state index in [4.69, 9.17) is 4.84 Å². The normalized spacial score (nSPS) is 12.0. The minimum Gasteiger partial charge on any atom is -0.406 e. The molecule has 0 aromatic heterocycles. The summed E-state index contributed by atoms with van der Waals surface area (Å²) in [6.45, 7) is 5.76. The van der Waals surface area contributed by atoms with Crippen molar-refractivity contribution in [2.75, 3.05) is 5.32 Å². The zero-order valence-corrected chi connectivity index (χ0v) is 19.8. The molecule has 0 fully saturated rings. The summed E-state index contributed by atoms with van der Waals surface area (Å²) in [5, 5.41) is 10.7. The molecular formula is C26H25F3N4O3. The van der Waals surface area contributed by atoms with Crippen LogP contribution < -0.4 is 20.3 Å². The minimum atomic E-state index is -4.74. The van der Waals surface area contributed by atoms with Crippen LogP contribution in [0.2, 0.25) is 0 Å². The lowest BCUT2D eigenvalue weighted by atomic mass is 10.0. The third-order valence-electron chi connectivity index (χ3n) is 4.88. The van der Waals surface area contributed by atoms with Gasteiger partial charge in [0.05, 0.1) is 11.9 Å². The minimum absolute atomic E-state index is 0.261. The van der Waals surface area contributed by atoms with Gasteiger partial charge in [0.15, 0.2) is 5.75 Å². The molecule has 2 amide bonds. The molecule has 0 aliphatic carbocycles. The molecule has 2 N–H and O–H groups in total. The number of nitrogens with zero attached hydrogens (tertiary/aromatic N) is 2. The van der Waals surface area contributed by atoms with Crippen molar-refractivity contribution in [2.24, 2.45) is 10.3 Å². The summed E-state index contributed by atoms with van der Waals surface area (Å²) in [7, 11) is 0. The van der Waals surface area contributed by atoms with Crippen LogP contribution in [0.5, 0.6) is 11.5 Å². The van der Waals surface area contributed by atoms with Gasteiger partial charge in [-0.3, -0.25) is 0 Å². The van der Waals surface area contributed by atoms with E-state index in [9.17, 15) is 18.0 Å². The first kappa shape index (κ1) is 26.3. The van der Waals surface area contributed by atoms with E-state index in [-0.39, 0.29) is 11.7 Å². The van der Waals surface area contributed by atoms with Crippen LogP contribution in [-0.4, -0.2) is 24.3 Å². The van der Waals surface area contributed by atoms with E-state index in [0.29, 0.717) is 22.6 Å². The Kier molecular flexibility index (Phi) is 8.66. The summed E-state index contributed by atoms with van der Waals surface area (Å²) in [6.07, 6.45) is -3.26. The Bertz CT molecular complexity index is 1220. The van der Waals surface area contributed by atoms with Crippen LogP contribution in [0, 0.1) is 0 Å². The first-order valence-electron chi connectivity index (χ1n) is 11.0. The molecule has 0 spiro atoms. The Morgan fingerprint density at radius 2 is 1.58 bits per heavy atom. The number of alkyl halides is 3. The van der Waals surface area contributed by atoms with E-state index in [1.807, 2.05) is 38.1 Å².